The smallest absolute Gasteiger partial charge is 0.138 e. The lowest BCUT2D eigenvalue weighted by Crippen LogP contribution is -2.29. The predicted molar refractivity (Wildman–Crippen MR) is 111 cm³/mol. The molecule has 0 aliphatic carbocycles. The van der Waals surface area contributed by atoms with Crippen LogP contribution in [-0.4, -0.2) is 45.0 Å². The summed E-state index contributed by atoms with van der Waals surface area (Å²) >= 11 is 0. The van der Waals surface area contributed by atoms with E-state index in [0.717, 1.165) is 35.6 Å². The summed E-state index contributed by atoms with van der Waals surface area (Å²) in [5.74, 6) is 1.55. The van der Waals surface area contributed by atoms with Gasteiger partial charge in [-0.15, -0.1) is 0 Å². The van der Waals surface area contributed by atoms with Crippen LogP contribution < -0.4 is 9.64 Å². The van der Waals surface area contributed by atoms with Gasteiger partial charge in [0.05, 0.1) is 29.1 Å². The fraction of sp³-hybridized carbons (Fsp3) is 0.409. The number of piperidine rings is 1. The summed E-state index contributed by atoms with van der Waals surface area (Å²) in [5, 5.41) is 23.8. The minimum absolute atomic E-state index is 0.149. The first kappa shape index (κ1) is 19.2. The van der Waals surface area contributed by atoms with E-state index in [1.54, 1.807) is 30.8 Å². The van der Waals surface area contributed by atoms with E-state index in [0.29, 0.717) is 11.3 Å². The molecule has 3 aromatic rings. The fourth-order valence-corrected chi connectivity index (χ4v) is 3.59. The number of aromatic nitrogens is 3. The van der Waals surface area contributed by atoms with Crippen molar-refractivity contribution in [3.8, 4) is 22.9 Å². The van der Waals surface area contributed by atoms with E-state index >= 15 is 0 Å². The summed E-state index contributed by atoms with van der Waals surface area (Å²) < 4.78 is 7.43. The molecule has 0 atom stereocenters. The molecule has 1 saturated heterocycles. The summed E-state index contributed by atoms with van der Waals surface area (Å²) in [6.07, 6.45) is 8.79. The Bertz CT molecular complexity index is 1040. The minimum atomic E-state index is -0.950. The van der Waals surface area contributed by atoms with Crippen LogP contribution in [-0.2, 0) is 0 Å². The summed E-state index contributed by atoms with van der Waals surface area (Å²) in [4.78, 5) is 6.98. The van der Waals surface area contributed by atoms with Gasteiger partial charge in [0.25, 0.3) is 0 Å². The molecule has 1 aliphatic rings. The van der Waals surface area contributed by atoms with Gasteiger partial charge in [-0.1, -0.05) is 0 Å². The molecule has 0 unspecified atom stereocenters. The van der Waals surface area contributed by atoms with E-state index in [4.69, 9.17) is 4.74 Å². The quantitative estimate of drug-likeness (QED) is 0.717. The van der Waals surface area contributed by atoms with E-state index in [1.807, 2.05) is 24.4 Å². The average Bonchev–Trinajstić information content (AvgIpc) is 3.15. The van der Waals surface area contributed by atoms with E-state index in [-0.39, 0.29) is 6.61 Å². The maximum Gasteiger partial charge on any atom is 0.138 e. The van der Waals surface area contributed by atoms with Gasteiger partial charge in [0.2, 0.25) is 0 Å². The minimum Gasteiger partial charge on any atom is -0.489 e. The van der Waals surface area contributed by atoms with Crippen LogP contribution in [0.2, 0.25) is 0 Å². The van der Waals surface area contributed by atoms with Crippen molar-refractivity contribution in [2.75, 3.05) is 24.6 Å². The highest BCUT2D eigenvalue weighted by Crippen LogP contribution is 2.31. The third-order valence-electron chi connectivity index (χ3n) is 5.04. The second kappa shape index (κ2) is 7.72. The van der Waals surface area contributed by atoms with Gasteiger partial charge in [-0.05, 0) is 51.3 Å². The number of nitriles is 1. The Hall–Kier alpha value is -3.11. The molecule has 0 aromatic carbocycles. The van der Waals surface area contributed by atoms with Crippen molar-refractivity contribution in [3.05, 3.63) is 42.4 Å². The number of fused-ring (bicyclic) bond motifs is 1. The molecule has 1 fully saturated rings. The molecule has 0 saturated carbocycles. The van der Waals surface area contributed by atoms with Crippen LogP contribution in [0.1, 0.15) is 38.7 Å². The molecule has 4 heterocycles. The lowest BCUT2D eigenvalue weighted by Gasteiger charge is -2.27. The Morgan fingerprint density at radius 2 is 2.00 bits per heavy atom. The van der Waals surface area contributed by atoms with Crippen molar-refractivity contribution in [1.29, 1.82) is 5.26 Å². The maximum absolute atomic E-state index is 9.97. The van der Waals surface area contributed by atoms with Gasteiger partial charge in [0, 0.05) is 30.4 Å². The van der Waals surface area contributed by atoms with Crippen molar-refractivity contribution >= 4 is 11.3 Å². The van der Waals surface area contributed by atoms with Gasteiger partial charge in [0.15, 0.2) is 0 Å². The average molecular weight is 391 g/mol. The number of hydrogen-bond acceptors (Lipinski definition) is 6. The highest BCUT2D eigenvalue weighted by atomic mass is 16.5. The molecule has 4 rings (SSSR count). The molecule has 150 valence electrons. The van der Waals surface area contributed by atoms with Crippen LogP contribution in [0.4, 0.5) is 5.82 Å². The second-order valence-corrected chi connectivity index (χ2v) is 8.11. The Morgan fingerprint density at radius 3 is 2.66 bits per heavy atom. The molecule has 29 heavy (non-hydrogen) atoms. The molecule has 0 radical (unpaired) electrons. The highest BCUT2D eigenvalue weighted by Gasteiger charge is 2.18. The first-order valence-electron chi connectivity index (χ1n) is 9.93. The van der Waals surface area contributed by atoms with Crippen molar-refractivity contribution in [2.24, 2.45) is 0 Å². The van der Waals surface area contributed by atoms with Gasteiger partial charge < -0.3 is 14.7 Å². The molecular formula is C22H25N5O2. The Balaban J connectivity index is 1.72. The predicted octanol–water partition coefficient (Wildman–Crippen LogP) is 3.41. The van der Waals surface area contributed by atoms with Gasteiger partial charge in [0.1, 0.15) is 24.2 Å². The topological polar surface area (TPSA) is 86.7 Å². The second-order valence-electron chi connectivity index (χ2n) is 8.11. The summed E-state index contributed by atoms with van der Waals surface area (Å²) in [5.41, 5.74) is 1.98. The number of anilines is 1. The van der Waals surface area contributed by atoms with Crippen LogP contribution in [0.5, 0.6) is 5.75 Å². The van der Waals surface area contributed by atoms with Crippen LogP contribution in [0.15, 0.2) is 36.8 Å². The van der Waals surface area contributed by atoms with E-state index in [9.17, 15) is 10.4 Å². The zero-order valence-electron chi connectivity index (χ0n) is 16.8. The highest BCUT2D eigenvalue weighted by molar-refractivity contribution is 5.85. The molecule has 7 nitrogen and oxygen atoms in total. The Labute approximate surface area is 170 Å². The van der Waals surface area contributed by atoms with Crippen molar-refractivity contribution in [2.45, 2.75) is 38.7 Å². The van der Waals surface area contributed by atoms with Gasteiger partial charge in [-0.25, -0.2) is 9.50 Å². The molecule has 0 amide bonds. The molecular weight excluding hydrogens is 366 g/mol. The zero-order valence-corrected chi connectivity index (χ0v) is 16.8. The third kappa shape index (κ3) is 4.17. The third-order valence-corrected chi connectivity index (χ3v) is 5.04. The number of nitrogens with zero attached hydrogens (tertiary/aromatic N) is 5. The SMILES string of the molecule is CC(C)(O)COc1cc(-c2ccc(N3CCCCC3)nc2)c2c(C#N)cnn2c1. The summed E-state index contributed by atoms with van der Waals surface area (Å²) in [6.45, 7) is 5.61. The summed E-state index contributed by atoms with van der Waals surface area (Å²) in [6, 6.07) is 8.14. The van der Waals surface area contributed by atoms with Crippen LogP contribution in [0.3, 0.4) is 0 Å². The van der Waals surface area contributed by atoms with E-state index in [1.165, 1.54) is 19.3 Å². The lowest BCUT2D eigenvalue weighted by molar-refractivity contribution is 0.0283. The molecule has 1 N–H and O–H groups in total. The Morgan fingerprint density at radius 1 is 1.21 bits per heavy atom. The molecule has 1 aliphatic heterocycles. The molecule has 7 heteroatoms. The van der Waals surface area contributed by atoms with Gasteiger partial charge in [-0.2, -0.15) is 10.4 Å². The number of ether oxygens (including phenoxy) is 1. The van der Waals surface area contributed by atoms with Crippen LogP contribution in [0.25, 0.3) is 16.6 Å². The van der Waals surface area contributed by atoms with Gasteiger partial charge >= 0.3 is 0 Å². The van der Waals surface area contributed by atoms with Crippen molar-refractivity contribution in [3.63, 3.8) is 0 Å². The monoisotopic (exact) mass is 391 g/mol. The number of aliphatic hydroxyl groups is 1. The number of pyridine rings is 2. The zero-order chi connectivity index (χ0) is 20.4. The normalized spacial score (nSPS) is 14.8. The standard InChI is InChI=1S/C22H25N5O2/c1-22(2,28)15-29-18-10-19(21-17(11-23)13-25-27(21)14-18)16-6-7-20(24-12-16)26-8-4-3-5-9-26/h6-7,10,12-14,28H,3-5,8-9,15H2,1-2H3. The summed E-state index contributed by atoms with van der Waals surface area (Å²) in [7, 11) is 0. The van der Waals surface area contributed by atoms with E-state index in [2.05, 4.69) is 21.1 Å². The number of hydrogen-bond donors (Lipinski definition) is 1. The van der Waals surface area contributed by atoms with Crippen LogP contribution >= 0.6 is 0 Å². The number of rotatable bonds is 5. The van der Waals surface area contributed by atoms with Crippen LogP contribution in [0, 0.1) is 11.3 Å². The first-order valence-corrected chi connectivity index (χ1v) is 9.93. The fourth-order valence-electron chi connectivity index (χ4n) is 3.59. The molecule has 3 aromatic heterocycles. The molecule has 0 spiro atoms. The van der Waals surface area contributed by atoms with E-state index < -0.39 is 5.60 Å². The molecule has 0 bridgehead atoms. The first-order chi connectivity index (χ1) is 13.9. The van der Waals surface area contributed by atoms with Crippen molar-refractivity contribution < 1.29 is 9.84 Å². The van der Waals surface area contributed by atoms with Crippen molar-refractivity contribution in [1.82, 2.24) is 14.6 Å². The van der Waals surface area contributed by atoms with Gasteiger partial charge in [-0.3, -0.25) is 0 Å². The lowest BCUT2D eigenvalue weighted by atomic mass is 10.0. The largest absolute Gasteiger partial charge is 0.489 e. The maximum atomic E-state index is 9.97. The Kier molecular flexibility index (Phi) is 5.12.